The molecule has 0 bridgehead atoms. The summed E-state index contributed by atoms with van der Waals surface area (Å²) in [6.07, 6.45) is 7.80. The van der Waals surface area contributed by atoms with Crippen molar-refractivity contribution in [1.82, 2.24) is 19.7 Å². The fraction of sp³-hybridized carbons (Fsp3) is 0.462. The van der Waals surface area contributed by atoms with Crippen LogP contribution in [0.25, 0.3) is 0 Å². The van der Waals surface area contributed by atoms with Crippen molar-refractivity contribution in [2.75, 3.05) is 18.4 Å². The smallest absolute Gasteiger partial charge is 0.240 e. The predicted octanol–water partition coefficient (Wildman–Crippen LogP) is 1.65. The number of carbonyl (C=O) groups is 1. The van der Waals surface area contributed by atoms with Crippen molar-refractivity contribution >= 4 is 22.4 Å². The first-order chi connectivity index (χ1) is 9.72. The van der Waals surface area contributed by atoms with Crippen LogP contribution < -0.4 is 5.32 Å². The van der Waals surface area contributed by atoms with Crippen LogP contribution in [0.15, 0.2) is 24.0 Å². The molecule has 2 aromatic heterocycles. The van der Waals surface area contributed by atoms with Gasteiger partial charge in [0.2, 0.25) is 5.91 Å². The second-order valence-corrected chi connectivity index (χ2v) is 5.86. The summed E-state index contributed by atoms with van der Waals surface area (Å²) in [5.41, 5.74) is 1.19. The number of nitrogens with zero attached hydrogens (tertiary/aromatic N) is 4. The summed E-state index contributed by atoms with van der Waals surface area (Å²) in [5, 5.41) is 9.56. The lowest BCUT2D eigenvalue weighted by atomic mass is 10.1. The zero-order valence-corrected chi connectivity index (χ0v) is 12.1. The summed E-state index contributed by atoms with van der Waals surface area (Å²) in [4.78, 5) is 18.3. The minimum absolute atomic E-state index is 0.00394. The van der Waals surface area contributed by atoms with Gasteiger partial charge in [-0.1, -0.05) is 0 Å². The highest BCUT2D eigenvalue weighted by Crippen LogP contribution is 2.31. The second-order valence-electron chi connectivity index (χ2n) is 4.96. The molecule has 0 aromatic carbocycles. The highest BCUT2D eigenvalue weighted by molar-refractivity contribution is 7.13. The van der Waals surface area contributed by atoms with Gasteiger partial charge in [0.25, 0.3) is 0 Å². The number of hydrogen-bond acceptors (Lipinski definition) is 5. The van der Waals surface area contributed by atoms with Gasteiger partial charge in [0.15, 0.2) is 5.13 Å². The summed E-state index contributed by atoms with van der Waals surface area (Å²) >= 11 is 1.43. The third kappa shape index (κ3) is 2.88. The molecule has 2 aromatic rings. The maximum atomic E-state index is 12.0. The van der Waals surface area contributed by atoms with Gasteiger partial charge in [0.05, 0.1) is 12.7 Å². The summed E-state index contributed by atoms with van der Waals surface area (Å²) < 4.78 is 1.81. The van der Waals surface area contributed by atoms with Gasteiger partial charge in [-0.15, -0.1) is 11.3 Å². The van der Waals surface area contributed by atoms with Gasteiger partial charge in [0.1, 0.15) is 0 Å². The molecule has 0 spiro atoms. The maximum Gasteiger partial charge on any atom is 0.240 e. The SMILES string of the molecule is Cn1cc([C@@H]2CCCN2CC(=O)Nc2nccs2)cn1. The van der Waals surface area contributed by atoms with Crippen LogP contribution in [0.2, 0.25) is 0 Å². The van der Waals surface area contributed by atoms with Crippen LogP contribution in [0.5, 0.6) is 0 Å². The number of thiazole rings is 1. The predicted molar refractivity (Wildman–Crippen MR) is 77.5 cm³/mol. The molecular weight excluding hydrogens is 274 g/mol. The van der Waals surface area contributed by atoms with E-state index in [1.807, 2.05) is 29.5 Å². The molecule has 3 rings (SSSR count). The molecule has 0 radical (unpaired) electrons. The van der Waals surface area contributed by atoms with Crippen LogP contribution in [-0.2, 0) is 11.8 Å². The van der Waals surface area contributed by atoms with Gasteiger partial charge in [-0.3, -0.25) is 14.4 Å². The van der Waals surface area contributed by atoms with Crippen LogP contribution in [0.4, 0.5) is 5.13 Å². The second kappa shape index (κ2) is 5.72. The summed E-state index contributed by atoms with van der Waals surface area (Å²) in [7, 11) is 1.91. The zero-order valence-electron chi connectivity index (χ0n) is 11.3. The Morgan fingerprint density at radius 3 is 3.20 bits per heavy atom. The number of carbonyl (C=O) groups excluding carboxylic acids is 1. The minimum Gasteiger partial charge on any atom is -0.301 e. The van der Waals surface area contributed by atoms with E-state index in [9.17, 15) is 4.79 Å². The molecule has 1 atom stereocenters. The monoisotopic (exact) mass is 291 g/mol. The molecule has 3 heterocycles. The number of likely N-dealkylation sites (tertiary alicyclic amines) is 1. The lowest BCUT2D eigenvalue weighted by molar-refractivity contribution is -0.117. The van der Waals surface area contributed by atoms with Crippen LogP contribution in [0.3, 0.4) is 0 Å². The van der Waals surface area contributed by atoms with Gasteiger partial charge in [0, 0.05) is 36.4 Å². The Balaban J connectivity index is 1.62. The number of anilines is 1. The van der Waals surface area contributed by atoms with E-state index in [0.29, 0.717) is 17.7 Å². The van der Waals surface area contributed by atoms with Gasteiger partial charge in [-0.2, -0.15) is 5.10 Å². The molecule has 6 nitrogen and oxygen atoms in total. The van der Waals surface area contributed by atoms with Gasteiger partial charge in [-0.25, -0.2) is 4.98 Å². The highest BCUT2D eigenvalue weighted by atomic mass is 32.1. The number of aromatic nitrogens is 3. The van der Waals surface area contributed by atoms with E-state index in [0.717, 1.165) is 19.4 Å². The third-order valence-corrected chi connectivity index (χ3v) is 4.19. The van der Waals surface area contributed by atoms with Crippen molar-refractivity contribution in [2.45, 2.75) is 18.9 Å². The molecule has 0 saturated carbocycles. The fourth-order valence-corrected chi connectivity index (χ4v) is 3.18. The zero-order chi connectivity index (χ0) is 13.9. The number of hydrogen-bond donors (Lipinski definition) is 1. The molecule has 1 aliphatic heterocycles. The number of nitrogens with one attached hydrogen (secondary N) is 1. The Hall–Kier alpha value is -1.73. The van der Waals surface area contributed by atoms with Crippen LogP contribution in [0.1, 0.15) is 24.4 Å². The Morgan fingerprint density at radius 2 is 2.50 bits per heavy atom. The van der Waals surface area contributed by atoms with E-state index in [2.05, 4.69) is 20.3 Å². The molecule has 0 aliphatic carbocycles. The third-order valence-electron chi connectivity index (χ3n) is 3.50. The normalized spacial score (nSPS) is 19.4. The van der Waals surface area contributed by atoms with Crippen molar-refractivity contribution in [1.29, 1.82) is 0 Å². The number of rotatable bonds is 4. The molecule has 20 heavy (non-hydrogen) atoms. The Labute approximate surface area is 121 Å². The molecule has 106 valence electrons. The van der Waals surface area contributed by atoms with E-state index >= 15 is 0 Å². The lowest BCUT2D eigenvalue weighted by Gasteiger charge is -2.22. The molecule has 1 fully saturated rings. The summed E-state index contributed by atoms with van der Waals surface area (Å²) in [6, 6.07) is 0.297. The van der Waals surface area contributed by atoms with Gasteiger partial charge in [-0.05, 0) is 19.4 Å². The number of amides is 1. The first-order valence-corrected chi connectivity index (χ1v) is 7.52. The largest absolute Gasteiger partial charge is 0.301 e. The Bertz CT molecular complexity index is 579. The molecule has 1 amide bonds. The van der Waals surface area contributed by atoms with Gasteiger partial charge >= 0.3 is 0 Å². The van der Waals surface area contributed by atoms with Gasteiger partial charge < -0.3 is 5.32 Å². The van der Waals surface area contributed by atoms with E-state index in [-0.39, 0.29) is 5.91 Å². The molecular formula is C13H17N5OS. The number of aryl methyl sites for hydroxylation is 1. The van der Waals surface area contributed by atoms with Crippen molar-refractivity contribution in [2.24, 2.45) is 7.05 Å². The average Bonchev–Trinajstić information content (AvgIpc) is 3.11. The standard InChI is InChI=1S/C13H17N5OS/c1-17-8-10(7-15-17)11-3-2-5-18(11)9-12(19)16-13-14-4-6-20-13/h4,6-8,11H,2-3,5,9H2,1H3,(H,14,16,19)/t11-/m0/s1. The molecule has 1 N–H and O–H groups in total. The van der Waals surface area contributed by atoms with E-state index < -0.39 is 0 Å². The van der Waals surface area contributed by atoms with Crippen molar-refractivity contribution in [3.8, 4) is 0 Å². The summed E-state index contributed by atoms with van der Waals surface area (Å²) in [5.74, 6) is -0.00394. The first-order valence-electron chi connectivity index (χ1n) is 6.64. The molecule has 0 unspecified atom stereocenters. The van der Waals surface area contributed by atoms with Crippen molar-refractivity contribution in [3.63, 3.8) is 0 Å². The Morgan fingerprint density at radius 1 is 1.60 bits per heavy atom. The Kier molecular flexibility index (Phi) is 3.79. The highest BCUT2D eigenvalue weighted by Gasteiger charge is 2.28. The van der Waals surface area contributed by atoms with E-state index in [1.165, 1.54) is 16.9 Å². The maximum absolute atomic E-state index is 12.0. The summed E-state index contributed by atoms with van der Waals surface area (Å²) in [6.45, 7) is 1.35. The van der Waals surface area contributed by atoms with Crippen molar-refractivity contribution < 1.29 is 4.79 Å². The van der Waals surface area contributed by atoms with Crippen molar-refractivity contribution in [3.05, 3.63) is 29.5 Å². The van der Waals surface area contributed by atoms with Crippen LogP contribution in [-0.4, -0.2) is 38.7 Å². The first kappa shape index (κ1) is 13.3. The average molecular weight is 291 g/mol. The molecule has 7 heteroatoms. The fourth-order valence-electron chi connectivity index (χ4n) is 2.63. The minimum atomic E-state index is -0.00394. The molecule has 1 saturated heterocycles. The van der Waals surface area contributed by atoms with Crippen LogP contribution in [0, 0.1) is 0 Å². The van der Waals surface area contributed by atoms with E-state index in [4.69, 9.17) is 0 Å². The quantitative estimate of drug-likeness (QED) is 0.930. The lowest BCUT2D eigenvalue weighted by Crippen LogP contribution is -2.32. The topological polar surface area (TPSA) is 63.1 Å². The van der Waals surface area contributed by atoms with E-state index in [1.54, 1.807) is 6.20 Å². The molecule has 1 aliphatic rings. The van der Waals surface area contributed by atoms with Crippen LogP contribution >= 0.6 is 11.3 Å².